The van der Waals surface area contributed by atoms with Crippen LogP contribution in [0.15, 0.2) is 35.5 Å². The summed E-state index contributed by atoms with van der Waals surface area (Å²) in [6, 6.07) is 10.6. The van der Waals surface area contributed by atoms with Crippen molar-refractivity contribution in [3.63, 3.8) is 0 Å². The molecule has 308 valence electrons. The highest BCUT2D eigenvalue weighted by Crippen LogP contribution is 2.24. The third-order valence-electron chi connectivity index (χ3n) is 8.38. The average Bonchev–Trinajstić information content (AvgIpc) is 3.13. The lowest BCUT2D eigenvalue weighted by Gasteiger charge is -2.20. The largest absolute Gasteiger partial charge is 0.463 e. The maximum atomic E-state index is 11.6. The molecule has 14 heteroatoms. The molecule has 1 aromatic carbocycles. The van der Waals surface area contributed by atoms with Crippen molar-refractivity contribution in [3.8, 4) is 0 Å². The molecule has 0 aliphatic rings. The van der Waals surface area contributed by atoms with Crippen LogP contribution in [0.1, 0.15) is 134 Å². The van der Waals surface area contributed by atoms with E-state index >= 15 is 0 Å². The fourth-order valence-electron chi connectivity index (χ4n) is 2.84. The number of ether oxygens (including phenoxy) is 3. The number of benzene rings is 1. The topological polar surface area (TPSA) is 150 Å². The summed E-state index contributed by atoms with van der Waals surface area (Å²) in [5.41, 5.74) is 0.417. The van der Waals surface area contributed by atoms with Crippen molar-refractivity contribution in [2.45, 2.75) is 134 Å². The zero-order valence-electron chi connectivity index (χ0n) is 34.3. The van der Waals surface area contributed by atoms with Crippen LogP contribution in [0.3, 0.4) is 0 Å². The number of aliphatic hydroxyl groups is 1. The van der Waals surface area contributed by atoms with Gasteiger partial charge in [-0.25, -0.2) is 4.79 Å². The predicted molar refractivity (Wildman–Crippen MR) is 201 cm³/mol. The van der Waals surface area contributed by atoms with Gasteiger partial charge >= 0.3 is 30.2 Å². The van der Waals surface area contributed by atoms with Crippen molar-refractivity contribution >= 4 is 29.7 Å². The molecular formula is C39H67F3N2O9. The number of aliphatic hydroxyl groups excluding tert-OH is 1. The van der Waals surface area contributed by atoms with Crippen LogP contribution in [-0.4, -0.2) is 74.0 Å². The van der Waals surface area contributed by atoms with Gasteiger partial charge in [0.05, 0.1) is 35.1 Å². The minimum absolute atomic E-state index is 0.0995. The van der Waals surface area contributed by atoms with Gasteiger partial charge in [0.15, 0.2) is 6.61 Å². The highest BCUT2D eigenvalue weighted by Gasteiger charge is 2.34. The van der Waals surface area contributed by atoms with E-state index in [1.807, 2.05) is 48.5 Å². The monoisotopic (exact) mass is 764 g/mol. The first kappa shape index (κ1) is 53.7. The number of hydrogen-bond donors (Lipinski definition) is 2. The van der Waals surface area contributed by atoms with Crippen LogP contribution < -0.4 is 5.32 Å². The van der Waals surface area contributed by atoms with Crippen LogP contribution in [0.4, 0.5) is 18.0 Å². The molecule has 0 bridgehead atoms. The molecule has 1 rings (SSSR count). The molecule has 0 saturated carbocycles. The van der Waals surface area contributed by atoms with Crippen molar-refractivity contribution in [2.75, 3.05) is 33.0 Å². The van der Waals surface area contributed by atoms with E-state index in [1.54, 1.807) is 27.7 Å². The van der Waals surface area contributed by atoms with Gasteiger partial charge in [0.1, 0.15) is 13.2 Å². The summed E-state index contributed by atoms with van der Waals surface area (Å²) in [7, 11) is 0. The summed E-state index contributed by atoms with van der Waals surface area (Å²) >= 11 is 0. The number of nitrogens with one attached hydrogen (secondary N) is 1. The molecule has 0 spiro atoms. The van der Waals surface area contributed by atoms with Gasteiger partial charge in [-0.15, -0.1) is 0 Å². The number of esters is 3. The molecule has 2 N–H and O–H groups in total. The molecule has 11 nitrogen and oxygen atoms in total. The third kappa shape index (κ3) is 27.6. The predicted octanol–water partition coefficient (Wildman–Crippen LogP) is 9.16. The Bertz CT molecular complexity index is 1200. The third-order valence-corrected chi connectivity index (χ3v) is 8.38. The summed E-state index contributed by atoms with van der Waals surface area (Å²) in [6.45, 7) is 22.9. The summed E-state index contributed by atoms with van der Waals surface area (Å²) < 4.78 is 48.8. The number of halogens is 3. The summed E-state index contributed by atoms with van der Waals surface area (Å²) in [6.07, 6.45) is -1.26. The molecule has 1 aromatic rings. The van der Waals surface area contributed by atoms with Crippen molar-refractivity contribution in [1.29, 1.82) is 0 Å². The molecule has 0 fully saturated rings. The summed E-state index contributed by atoms with van der Waals surface area (Å²) in [5, 5.41) is 14.4. The molecule has 0 radical (unpaired) electrons. The van der Waals surface area contributed by atoms with Crippen molar-refractivity contribution < 1.29 is 56.5 Å². The molecular weight excluding hydrogens is 697 g/mol. The Morgan fingerprint density at radius 2 is 1.19 bits per heavy atom. The zero-order chi connectivity index (χ0) is 41.9. The van der Waals surface area contributed by atoms with Crippen LogP contribution in [0, 0.1) is 16.2 Å². The number of carbonyl (C=O) groups excluding carboxylic acids is 4. The number of carbonyl (C=O) groups is 4. The van der Waals surface area contributed by atoms with Crippen LogP contribution in [0.5, 0.6) is 0 Å². The van der Waals surface area contributed by atoms with E-state index in [-0.39, 0.29) is 38.3 Å². The van der Waals surface area contributed by atoms with E-state index in [2.05, 4.69) is 64.2 Å². The number of oxime groups is 1. The Hall–Kier alpha value is -3.68. The Morgan fingerprint density at radius 3 is 1.57 bits per heavy atom. The molecule has 1 amide bonds. The van der Waals surface area contributed by atoms with Gasteiger partial charge in [0.2, 0.25) is 0 Å². The first-order valence-corrected chi connectivity index (χ1v) is 18.1. The fraction of sp³-hybridized carbons (Fsp3) is 0.718. The van der Waals surface area contributed by atoms with E-state index in [1.165, 1.54) is 12.0 Å². The van der Waals surface area contributed by atoms with Crippen molar-refractivity contribution in [2.24, 2.45) is 21.4 Å². The highest BCUT2D eigenvalue weighted by molar-refractivity contribution is 5.82. The smallest absolute Gasteiger partial charge is 0.433 e. The van der Waals surface area contributed by atoms with Gasteiger partial charge < -0.3 is 24.6 Å². The second-order valence-corrected chi connectivity index (χ2v) is 14.1. The number of rotatable bonds is 16. The average molecular weight is 765 g/mol. The fourth-order valence-corrected chi connectivity index (χ4v) is 2.84. The van der Waals surface area contributed by atoms with Gasteiger partial charge in [-0.3, -0.25) is 19.2 Å². The molecule has 0 heterocycles. The van der Waals surface area contributed by atoms with Gasteiger partial charge in [-0.2, -0.15) is 13.2 Å². The molecule has 0 aromatic heterocycles. The molecule has 1 unspecified atom stereocenters. The summed E-state index contributed by atoms with van der Waals surface area (Å²) in [4.78, 5) is 49.5. The van der Waals surface area contributed by atoms with Crippen LogP contribution in [-0.2, 0) is 33.4 Å². The zero-order valence-corrected chi connectivity index (χ0v) is 34.3. The number of hydrogen-bond acceptors (Lipinski definition) is 10. The Labute approximate surface area is 315 Å². The van der Waals surface area contributed by atoms with E-state index in [9.17, 15) is 32.3 Å². The lowest BCUT2D eigenvalue weighted by atomic mass is 9.91. The first-order valence-electron chi connectivity index (χ1n) is 18.1. The minimum Gasteiger partial charge on any atom is -0.463 e. The van der Waals surface area contributed by atoms with Crippen LogP contribution >= 0.6 is 0 Å². The lowest BCUT2D eigenvalue weighted by Crippen LogP contribution is -2.31. The van der Waals surface area contributed by atoms with E-state index in [0.717, 1.165) is 18.6 Å². The Balaban J connectivity index is -0.000000650. The number of nitrogens with zero attached hydrogens (tertiary/aromatic N) is 1. The molecule has 0 aliphatic heterocycles. The second-order valence-electron chi connectivity index (χ2n) is 14.1. The summed E-state index contributed by atoms with van der Waals surface area (Å²) in [5.74, 6) is -0.618. The standard InChI is InChI=1S/C13H24N2O4.C10H14.C8H13F3O2.C8H16O3/c1-6-10(3)15-19-12(17)14-8-9-18-11(16)13(4,5)7-2;1-3-9(2)10-7-5-4-6-8-10;1-4-7(2,3)6(12)13-5-8(9,10)11;1-4-8(2,3)7(10)11-6-5-9/h6-9H2,1-5H3,(H,14,17);4-9H,3H2,1-2H3;4-5H2,1-3H3;9H,4-6H2,1-3H3/b15-10-;;;. The molecule has 0 saturated heterocycles. The maximum Gasteiger partial charge on any atom is 0.433 e. The minimum atomic E-state index is -4.44. The Morgan fingerprint density at radius 1 is 0.755 bits per heavy atom. The van der Waals surface area contributed by atoms with Crippen LogP contribution in [0.2, 0.25) is 0 Å². The van der Waals surface area contributed by atoms with Gasteiger partial charge in [-0.05, 0) is 92.1 Å². The van der Waals surface area contributed by atoms with Gasteiger partial charge in [-0.1, -0.05) is 77.0 Å². The molecule has 1 atom stereocenters. The van der Waals surface area contributed by atoms with Crippen LogP contribution in [0.25, 0.3) is 0 Å². The normalized spacial score (nSPS) is 12.2. The van der Waals surface area contributed by atoms with Crippen molar-refractivity contribution in [3.05, 3.63) is 35.9 Å². The molecule has 0 aliphatic carbocycles. The van der Waals surface area contributed by atoms with Gasteiger partial charge in [0.25, 0.3) is 0 Å². The number of alkyl halides is 3. The second kappa shape index (κ2) is 27.9. The lowest BCUT2D eigenvalue weighted by molar-refractivity contribution is -0.192. The van der Waals surface area contributed by atoms with Gasteiger partial charge in [0, 0.05) is 0 Å². The van der Waals surface area contributed by atoms with E-state index in [0.29, 0.717) is 18.8 Å². The Kier molecular flexibility index (Phi) is 28.2. The first-order chi connectivity index (χ1) is 24.4. The quantitative estimate of drug-likeness (QED) is 0.0420. The van der Waals surface area contributed by atoms with E-state index < -0.39 is 41.1 Å². The maximum absolute atomic E-state index is 11.6. The SMILES string of the molecule is CC/C(C)=N\OC(=O)NCCOC(=O)C(C)(C)CC.CCC(C)(C)C(=O)OCC(F)(F)F.CCC(C)(C)C(=O)OCCO.CCC(C)c1ccccc1. The number of amides is 1. The highest BCUT2D eigenvalue weighted by atomic mass is 19.4. The van der Waals surface area contributed by atoms with E-state index in [4.69, 9.17) is 14.6 Å². The molecule has 53 heavy (non-hydrogen) atoms. The van der Waals surface area contributed by atoms with Crippen molar-refractivity contribution in [1.82, 2.24) is 5.32 Å².